The Labute approximate surface area is 231 Å². The number of benzene rings is 2. The molecule has 1 aromatic heterocycles. The highest BCUT2D eigenvalue weighted by atomic mass is 32.2. The number of anilines is 2. The van der Waals surface area contributed by atoms with Gasteiger partial charge in [-0.15, -0.1) is 0 Å². The summed E-state index contributed by atoms with van der Waals surface area (Å²) in [6.45, 7) is -2.23. The SMILES string of the molecule is COc1ccc(CCC2CN(S(=O)(=O)C(F)(F)F)Cc3c(cccc3C(F)(F)F)N2Cc2cc(N)c(F)cn2)cc1. The summed E-state index contributed by atoms with van der Waals surface area (Å²) in [4.78, 5) is 5.32. The van der Waals surface area contributed by atoms with Crippen LogP contribution in [0.15, 0.2) is 54.7 Å². The molecule has 3 aromatic rings. The summed E-state index contributed by atoms with van der Waals surface area (Å²) in [5.41, 5.74) is -1.58. The van der Waals surface area contributed by atoms with Crippen LogP contribution >= 0.6 is 0 Å². The molecule has 1 unspecified atom stereocenters. The number of halogens is 7. The molecule has 7 nitrogen and oxygen atoms in total. The largest absolute Gasteiger partial charge is 0.511 e. The van der Waals surface area contributed by atoms with Crippen molar-refractivity contribution in [2.45, 2.75) is 43.7 Å². The standard InChI is InChI=1S/C26H25F7N4O3S/c1-40-19-9-6-16(7-10-19)5-8-18-14-36(41(38,39)26(31,32)33)15-20-21(25(28,29)30)3-2-4-24(20)37(18)13-17-11-23(34)22(27)12-35-17/h2-4,6-7,9-12,18H,5,8,13-15H2,1H3,(H2,34,35). The number of methoxy groups -OCH3 is 1. The fourth-order valence-electron chi connectivity index (χ4n) is 4.72. The molecule has 222 valence electrons. The molecule has 0 radical (unpaired) electrons. The second kappa shape index (κ2) is 11.4. The summed E-state index contributed by atoms with van der Waals surface area (Å²) >= 11 is 0. The van der Waals surface area contributed by atoms with Gasteiger partial charge in [-0.2, -0.15) is 30.6 Å². The maximum absolute atomic E-state index is 14.1. The van der Waals surface area contributed by atoms with Crippen LogP contribution in [-0.4, -0.2) is 42.9 Å². The average molecular weight is 607 g/mol. The molecule has 2 N–H and O–H groups in total. The second-order valence-corrected chi connectivity index (χ2v) is 11.3. The third-order valence-corrected chi connectivity index (χ3v) is 8.33. The van der Waals surface area contributed by atoms with Gasteiger partial charge in [-0.25, -0.2) is 12.8 Å². The van der Waals surface area contributed by atoms with Crippen molar-refractivity contribution in [2.75, 3.05) is 24.3 Å². The normalized spacial score (nSPS) is 16.8. The van der Waals surface area contributed by atoms with Gasteiger partial charge in [0.25, 0.3) is 0 Å². The number of fused-ring (bicyclic) bond motifs is 1. The van der Waals surface area contributed by atoms with Gasteiger partial charge < -0.3 is 15.4 Å². The van der Waals surface area contributed by atoms with Gasteiger partial charge in [0.15, 0.2) is 5.82 Å². The Balaban J connectivity index is 1.85. The molecule has 0 fully saturated rings. The van der Waals surface area contributed by atoms with Gasteiger partial charge in [-0.1, -0.05) is 18.2 Å². The van der Waals surface area contributed by atoms with Crippen LogP contribution in [-0.2, 0) is 35.7 Å². The van der Waals surface area contributed by atoms with Crippen LogP contribution in [0.4, 0.5) is 42.1 Å². The Bertz CT molecular complexity index is 1500. The van der Waals surface area contributed by atoms with E-state index in [0.29, 0.717) is 11.8 Å². The first-order valence-corrected chi connectivity index (χ1v) is 13.6. The van der Waals surface area contributed by atoms with Crippen molar-refractivity contribution in [1.29, 1.82) is 0 Å². The number of nitrogens with zero attached hydrogens (tertiary/aromatic N) is 3. The minimum absolute atomic E-state index is 0.0339. The van der Waals surface area contributed by atoms with Crippen molar-refractivity contribution in [2.24, 2.45) is 0 Å². The summed E-state index contributed by atoms with van der Waals surface area (Å²) < 4.78 is 127. The van der Waals surface area contributed by atoms with E-state index in [9.17, 15) is 39.2 Å². The smallest absolute Gasteiger partial charge is 0.497 e. The van der Waals surface area contributed by atoms with Gasteiger partial charge in [0, 0.05) is 30.4 Å². The summed E-state index contributed by atoms with van der Waals surface area (Å²) in [6.07, 6.45) is -3.89. The van der Waals surface area contributed by atoms with Crippen LogP contribution in [0.3, 0.4) is 0 Å². The minimum Gasteiger partial charge on any atom is -0.497 e. The molecule has 0 saturated heterocycles. The Morgan fingerprint density at radius 3 is 2.34 bits per heavy atom. The first-order chi connectivity index (χ1) is 19.1. The highest BCUT2D eigenvalue weighted by Gasteiger charge is 2.52. The number of nitrogens with two attached hydrogens (primary N) is 1. The van der Waals surface area contributed by atoms with Crippen molar-refractivity contribution >= 4 is 21.4 Å². The molecule has 15 heteroatoms. The molecule has 41 heavy (non-hydrogen) atoms. The summed E-state index contributed by atoms with van der Waals surface area (Å²) in [6, 6.07) is 9.92. The molecule has 4 rings (SSSR count). The number of aromatic nitrogens is 1. The van der Waals surface area contributed by atoms with E-state index in [2.05, 4.69) is 4.98 Å². The van der Waals surface area contributed by atoms with Crippen LogP contribution in [0.25, 0.3) is 0 Å². The number of alkyl halides is 6. The lowest BCUT2D eigenvalue weighted by Crippen LogP contribution is -2.47. The number of ether oxygens (including phenoxy) is 1. The Morgan fingerprint density at radius 2 is 1.76 bits per heavy atom. The molecule has 0 bridgehead atoms. The van der Waals surface area contributed by atoms with E-state index in [4.69, 9.17) is 10.5 Å². The van der Waals surface area contributed by atoms with E-state index in [0.717, 1.165) is 23.9 Å². The molecule has 0 aliphatic carbocycles. The Morgan fingerprint density at radius 1 is 1.07 bits per heavy atom. The third-order valence-electron chi connectivity index (χ3n) is 6.79. The van der Waals surface area contributed by atoms with Crippen molar-refractivity contribution in [3.05, 3.63) is 82.9 Å². The van der Waals surface area contributed by atoms with Crippen LogP contribution in [0.2, 0.25) is 0 Å². The molecule has 1 aliphatic rings. The predicted octanol–water partition coefficient (Wildman–Crippen LogP) is 5.50. The highest BCUT2D eigenvalue weighted by molar-refractivity contribution is 7.89. The van der Waals surface area contributed by atoms with Crippen LogP contribution in [0, 0.1) is 5.82 Å². The molecule has 0 amide bonds. The van der Waals surface area contributed by atoms with E-state index >= 15 is 0 Å². The second-order valence-electron chi connectivity index (χ2n) is 9.41. The molecule has 1 aliphatic heterocycles. The van der Waals surface area contributed by atoms with Crippen molar-refractivity contribution in [1.82, 2.24) is 9.29 Å². The van der Waals surface area contributed by atoms with Gasteiger partial charge in [0.2, 0.25) is 0 Å². The highest BCUT2D eigenvalue weighted by Crippen LogP contribution is 2.42. The van der Waals surface area contributed by atoms with Gasteiger partial charge >= 0.3 is 21.7 Å². The van der Waals surface area contributed by atoms with Crippen LogP contribution in [0.1, 0.15) is 28.8 Å². The summed E-state index contributed by atoms with van der Waals surface area (Å²) in [7, 11) is -4.55. The maximum Gasteiger partial charge on any atom is 0.511 e. The Hall–Kier alpha value is -3.59. The zero-order valence-corrected chi connectivity index (χ0v) is 22.3. The van der Waals surface area contributed by atoms with Crippen molar-refractivity contribution < 1.29 is 43.9 Å². The average Bonchev–Trinajstić information content (AvgIpc) is 3.05. The number of pyridine rings is 1. The molecule has 2 heterocycles. The molecule has 0 spiro atoms. The van der Waals surface area contributed by atoms with Crippen molar-refractivity contribution in [3.8, 4) is 5.75 Å². The topological polar surface area (TPSA) is 88.8 Å². The van der Waals surface area contributed by atoms with Crippen molar-refractivity contribution in [3.63, 3.8) is 0 Å². The van der Waals surface area contributed by atoms with Crippen LogP contribution < -0.4 is 15.4 Å². The van der Waals surface area contributed by atoms with E-state index in [1.165, 1.54) is 18.1 Å². The number of aryl methyl sites for hydroxylation is 1. The lowest BCUT2D eigenvalue weighted by Gasteiger charge is -2.34. The number of hydrogen-bond acceptors (Lipinski definition) is 6. The number of rotatable bonds is 7. The molecule has 1 atom stereocenters. The zero-order chi connectivity index (χ0) is 30.2. The van der Waals surface area contributed by atoms with E-state index < -0.39 is 57.8 Å². The summed E-state index contributed by atoms with van der Waals surface area (Å²) in [5.74, 6) is -0.274. The lowest BCUT2D eigenvalue weighted by atomic mass is 10.0. The maximum atomic E-state index is 14.1. The van der Waals surface area contributed by atoms with Gasteiger partial charge in [0.1, 0.15) is 5.75 Å². The fourth-order valence-corrected chi connectivity index (χ4v) is 5.68. The third kappa shape index (κ3) is 6.50. The van der Waals surface area contributed by atoms with Crippen LogP contribution in [0.5, 0.6) is 5.75 Å². The van der Waals surface area contributed by atoms with E-state index in [-0.39, 0.29) is 40.8 Å². The fraction of sp³-hybridized carbons (Fsp3) is 0.346. The monoisotopic (exact) mass is 606 g/mol. The van der Waals surface area contributed by atoms with Gasteiger partial charge in [-0.05, 0) is 48.7 Å². The minimum atomic E-state index is -6.02. The first kappa shape index (κ1) is 30.4. The molecule has 2 aromatic carbocycles. The Kier molecular flexibility index (Phi) is 8.41. The number of hydrogen-bond donors (Lipinski definition) is 1. The number of nitrogen functional groups attached to an aromatic ring is 1. The van der Waals surface area contributed by atoms with E-state index in [1.807, 2.05) is 0 Å². The predicted molar refractivity (Wildman–Crippen MR) is 137 cm³/mol. The number of sulfonamides is 1. The molecular weight excluding hydrogens is 581 g/mol. The lowest BCUT2D eigenvalue weighted by molar-refractivity contribution is -0.138. The molecule has 0 saturated carbocycles. The first-order valence-electron chi connectivity index (χ1n) is 12.2. The molecular formula is C26H25F7N4O3S. The summed E-state index contributed by atoms with van der Waals surface area (Å²) in [5, 5.41) is 0. The zero-order valence-electron chi connectivity index (χ0n) is 21.5. The van der Waals surface area contributed by atoms with Gasteiger partial charge in [-0.3, -0.25) is 4.98 Å². The quantitative estimate of drug-likeness (QED) is 0.358. The van der Waals surface area contributed by atoms with Gasteiger partial charge in [0.05, 0.1) is 36.8 Å². The van der Waals surface area contributed by atoms with E-state index in [1.54, 1.807) is 24.3 Å².